The number of pyridine rings is 2. The Kier molecular flexibility index (Phi) is 8.93. The van der Waals surface area contributed by atoms with E-state index in [9.17, 15) is 4.39 Å². The van der Waals surface area contributed by atoms with Crippen LogP contribution >= 0.6 is 0 Å². The molecule has 0 saturated carbocycles. The van der Waals surface area contributed by atoms with Crippen molar-refractivity contribution >= 4 is 35.2 Å². The number of para-hydroxylation sites is 1. The quantitative estimate of drug-likeness (QED) is 0.124. The van der Waals surface area contributed by atoms with Crippen LogP contribution in [-0.2, 0) is 26.5 Å². The molecule has 3 heterocycles. The van der Waals surface area contributed by atoms with E-state index in [1.54, 1.807) is 30.3 Å². The van der Waals surface area contributed by atoms with Crippen molar-refractivity contribution < 1.29 is 35.8 Å². The summed E-state index contributed by atoms with van der Waals surface area (Å²) in [5.74, 6) is -0.622. The fraction of sp³-hybridized carbons (Fsp3) is 0.190. The van der Waals surface area contributed by atoms with Gasteiger partial charge in [0.25, 0.3) is 0 Å². The minimum atomic E-state index is -2.42. The third-order valence-electron chi connectivity index (χ3n) is 7.81. The molecule has 3 aromatic heterocycles. The molecule has 0 atom stereocenters. The summed E-state index contributed by atoms with van der Waals surface area (Å²) in [6, 6.07) is 34.7. The number of hydrogen-bond acceptors (Lipinski definition) is 3. The van der Waals surface area contributed by atoms with E-state index in [0.29, 0.717) is 44.3 Å². The number of halogens is 1. The van der Waals surface area contributed by atoms with Crippen LogP contribution in [0.1, 0.15) is 31.8 Å². The average Bonchev–Trinajstić information content (AvgIpc) is 3.51. The topological polar surface area (TPSA) is 38.9 Å². The van der Waals surface area contributed by atoms with Crippen LogP contribution < -0.4 is 5.19 Å². The average molecular weight is 832 g/mol. The third-order valence-corrected chi connectivity index (χ3v) is 9.84. The van der Waals surface area contributed by atoms with E-state index in [1.165, 1.54) is 29.6 Å². The number of aromatic nitrogens is 2. The molecule has 245 valence electrons. The van der Waals surface area contributed by atoms with Crippen molar-refractivity contribution in [3.63, 3.8) is 0 Å². The van der Waals surface area contributed by atoms with Crippen molar-refractivity contribution in [1.29, 1.82) is 0 Å². The third kappa shape index (κ3) is 7.73. The van der Waals surface area contributed by atoms with E-state index in [2.05, 4.69) is 53.9 Å². The van der Waals surface area contributed by atoms with Gasteiger partial charge in [-0.15, -0.1) is 53.6 Å². The zero-order valence-electron chi connectivity index (χ0n) is 32.5. The van der Waals surface area contributed by atoms with E-state index in [-0.39, 0.29) is 37.4 Å². The first-order chi connectivity index (χ1) is 24.6. The summed E-state index contributed by atoms with van der Waals surface area (Å²) < 4.78 is 61.2. The first kappa shape index (κ1) is 28.8. The van der Waals surface area contributed by atoms with E-state index < -0.39 is 21.3 Å². The smallest absolute Gasteiger partial charge is 0.128 e. The van der Waals surface area contributed by atoms with Crippen molar-refractivity contribution in [2.24, 2.45) is 5.92 Å². The second-order valence-electron chi connectivity index (χ2n) is 12.8. The number of nitrogens with zero attached hydrogens (tertiary/aromatic N) is 2. The molecule has 0 fully saturated rings. The maximum absolute atomic E-state index is 13.6. The molecule has 0 aliphatic rings. The van der Waals surface area contributed by atoms with Crippen LogP contribution in [0.2, 0.25) is 19.6 Å². The maximum Gasteiger partial charge on any atom is 0.128 e. The van der Waals surface area contributed by atoms with Crippen molar-refractivity contribution in [3.05, 3.63) is 139 Å². The minimum absolute atomic E-state index is 0. The summed E-state index contributed by atoms with van der Waals surface area (Å²) in [5, 5.41) is 2.44. The Labute approximate surface area is 304 Å². The van der Waals surface area contributed by atoms with Crippen LogP contribution in [0.15, 0.2) is 114 Å². The summed E-state index contributed by atoms with van der Waals surface area (Å²) in [4.78, 5) is 8.96. The van der Waals surface area contributed by atoms with E-state index in [4.69, 9.17) is 11.3 Å². The Morgan fingerprint density at radius 1 is 0.896 bits per heavy atom. The van der Waals surface area contributed by atoms with Crippen molar-refractivity contribution in [2.45, 2.75) is 46.7 Å². The van der Waals surface area contributed by atoms with Gasteiger partial charge in [0, 0.05) is 50.3 Å². The van der Waals surface area contributed by atoms with E-state index in [0.717, 1.165) is 16.8 Å². The molecule has 0 aliphatic carbocycles. The molecule has 7 aromatic rings. The molecule has 4 aromatic carbocycles. The molecule has 6 heteroatoms. The van der Waals surface area contributed by atoms with Gasteiger partial charge in [0.15, 0.2) is 0 Å². The maximum atomic E-state index is 13.6. The van der Waals surface area contributed by atoms with Crippen LogP contribution in [0, 0.1) is 30.7 Å². The van der Waals surface area contributed by atoms with Crippen molar-refractivity contribution in [2.75, 3.05) is 0 Å². The van der Waals surface area contributed by atoms with Gasteiger partial charge in [-0.05, 0) is 52.6 Å². The normalized spacial score (nSPS) is 13.4. The number of hydrogen-bond donors (Lipinski definition) is 0. The number of aryl methyl sites for hydroxylation is 1. The minimum Gasteiger partial charge on any atom is -0.500 e. The molecular formula is C42H39FIrN2OSi-2. The Balaban J connectivity index is 0.000000267. The fourth-order valence-corrected chi connectivity index (χ4v) is 6.47. The second kappa shape index (κ2) is 14.9. The predicted molar refractivity (Wildman–Crippen MR) is 196 cm³/mol. The first-order valence-corrected chi connectivity index (χ1v) is 19.1. The zero-order chi connectivity index (χ0) is 37.4. The summed E-state index contributed by atoms with van der Waals surface area (Å²) in [6.45, 7) is 8.20. The number of rotatable bonds is 6. The summed E-state index contributed by atoms with van der Waals surface area (Å²) in [5.41, 5.74) is 5.71. The second-order valence-corrected chi connectivity index (χ2v) is 17.8. The van der Waals surface area contributed by atoms with Crippen LogP contribution in [-0.4, -0.2) is 18.0 Å². The van der Waals surface area contributed by atoms with Crippen LogP contribution in [0.5, 0.6) is 0 Å². The van der Waals surface area contributed by atoms with Crippen molar-refractivity contribution in [1.82, 2.24) is 9.97 Å². The van der Waals surface area contributed by atoms with Gasteiger partial charge >= 0.3 is 0 Å². The number of fused-ring (bicyclic) bond motifs is 3. The van der Waals surface area contributed by atoms with Crippen LogP contribution in [0.4, 0.5) is 4.39 Å². The zero-order valence-corrected chi connectivity index (χ0v) is 30.9. The molecule has 1 radical (unpaired) electrons. The molecule has 0 amide bonds. The van der Waals surface area contributed by atoms with Gasteiger partial charge in [0.2, 0.25) is 0 Å². The van der Waals surface area contributed by atoms with Gasteiger partial charge in [-0.3, -0.25) is 0 Å². The molecular weight excluding hydrogens is 788 g/mol. The summed E-state index contributed by atoms with van der Waals surface area (Å²) >= 11 is 0. The molecule has 48 heavy (non-hydrogen) atoms. The Morgan fingerprint density at radius 2 is 1.71 bits per heavy atom. The molecule has 0 unspecified atom stereocenters. The molecule has 0 saturated heterocycles. The van der Waals surface area contributed by atoms with Gasteiger partial charge in [0.1, 0.15) is 11.4 Å². The van der Waals surface area contributed by atoms with Gasteiger partial charge in [-0.1, -0.05) is 105 Å². The molecule has 0 N–H and O–H groups in total. The Bertz CT molecular complexity index is 2340. The summed E-state index contributed by atoms with van der Waals surface area (Å²) in [7, 11) is -1.23. The molecule has 3 nitrogen and oxygen atoms in total. The van der Waals surface area contributed by atoms with Gasteiger partial charge in [-0.25, -0.2) is 4.39 Å². The SMILES string of the molecule is C[Si](C)(C)c1ccc(-c2[c-]cccc2)nc1.[2H]C([2H])([2H])c1c[c-]c(-c2cc(C([2H])([2H])C(C)C)ccn2)c2oc3c(-c4ccc(F)cc4)cccc3c12.[Ir]. The van der Waals surface area contributed by atoms with Crippen LogP contribution in [0.3, 0.4) is 0 Å². The summed E-state index contributed by atoms with van der Waals surface area (Å²) in [6.07, 6.45) is 1.97. The van der Waals surface area contributed by atoms with Gasteiger partial charge in [0.05, 0.1) is 13.7 Å². The Hall–Kier alpha value is -4.22. The van der Waals surface area contributed by atoms with Crippen molar-refractivity contribution in [3.8, 4) is 33.6 Å². The number of benzene rings is 4. The molecule has 0 bridgehead atoms. The monoisotopic (exact) mass is 832 g/mol. The molecule has 0 aliphatic heterocycles. The van der Waals surface area contributed by atoms with Crippen LogP contribution in [0.25, 0.3) is 55.6 Å². The van der Waals surface area contributed by atoms with Gasteiger partial charge in [-0.2, -0.15) is 0 Å². The van der Waals surface area contributed by atoms with E-state index >= 15 is 0 Å². The molecule has 0 spiro atoms. The molecule has 7 rings (SSSR count). The van der Waals surface area contributed by atoms with E-state index in [1.807, 2.05) is 56.4 Å². The number of furan rings is 1. The first-order valence-electron chi connectivity index (χ1n) is 18.1. The Morgan fingerprint density at radius 3 is 2.38 bits per heavy atom. The van der Waals surface area contributed by atoms with Gasteiger partial charge < -0.3 is 14.4 Å². The largest absolute Gasteiger partial charge is 0.500 e. The standard InChI is InChI=1S/C28H23FNO.C14H16NSi.Ir/c1-17(2)15-19-13-14-30-25(16-19)23-12-7-18(3)26-24-6-4-5-22(27(24)31-28(23)26)20-8-10-21(29)11-9-20;1-16(2,3)13-9-10-14(15-11-13)12-7-5-4-6-8-12;/h4-11,13-14,16-17H,15H2,1-3H3;4-7,9-11H,1-3H3;/q2*-1;/i3D3,15D2;;. The predicted octanol–water partition coefficient (Wildman–Crippen LogP) is 10.9. The fourth-order valence-electron chi connectivity index (χ4n) is 5.43.